The first-order chi connectivity index (χ1) is 16.7. The Bertz CT molecular complexity index is 1180. The van der Waals surface area contributed by atoms with Crippen LogP contribution in [-0.4, -0.2) is 47.9 Å². The molecule has 3 saturated carbocycles. The van der Waals surface area contributed by atoms with Gasteiger partial charge in [-0.2, -0.15) is 5.26 Å². The first-order valence-corrected chi connectivity index (χ1v) is 12.5. The van der Waals surface area contributed by atoms with E-state index < -0.39 is 0 Å². The second-order valence-electron chi connectivity index (χ2n) is 10.2. The molecule has 7 nitrogen and oxygen atoms in total. The van der Waals surface area contributed by atoms with Gasteiger partial charge in [0.2, 0.25) is 12.3 Å². The van der Waals surface area contributed by atoms with Crippen LogP contribution in [0, 0.1) is 23.2 Å². The lowest BCUT2D eigenvalue weighted by molar-refractivity contribution is -0.135. The quantitative estimate of drug-likeness (QED) is 0.640. The molecule has 0 bridgehead atoms. The highest BCUT2D eigenvalue weighted by molar-refractivity contribution is 5.82. The number of carbonyl (C=O) groups is 2. The molecule has 34 heavy (non-hydrogen) atoms. The van der Waals surface area contributed by atoms with Crippen LogP contribution in [0.2, 0.25) is 0 Å². The van der Waals surface area contributed by atoms with Crippen molar-refractivity contribution in [1.82, 2.24) is 9.88 Å². The molecule has 1 atom stereocenters. The van der Waals surface area contributed by atoms with Gasteiger partial charge in [-0.15, -0.1) is 0 Å². The molecule has 3 aliphatic carbocycles. The standard InChI is InChI=1S/C27H29N5O2/c28-14-21-13-23(20-2-1-3-22(12-20)29-16-33)25(18-6-7-18)30-26(21)31-10-11-32(27(34)19-8-9-19)24(15-31)17-4-5-17/h1-3,12-13,16-19,24H,4-11,15H2,(H,29,33). The Morgan fingerprint density at radius 2 is 1.94 bits per heavy atom. The van der Waals surface area contributed by atoms with E-state index in [1.54, 1.807) is 0 Å². The van der Waals surface area contributed by atoms with E-state index in [1.807, 2.05) is 30.3 Å². The van der Waals surface area contributed by atoms with Gasteiger partial charge in [0.25, 0.3) is 0 Å². The molecule has 2 aromatic rings. The number of anilines is 2. The fourth-order valence-corrected chi connectivity index (χ4v) is 5.31. The van der Waals surface area contributed by atoms with E-state index in [0.717, 1.165) is 60.6 Å². The smallest absolute Gasteiger partial charge is 0.226 e. The van der Waals surface area contributed by atoms with Crippen molar-refractivity contribution in [3.8, 4) is 17.2 Å². The summed E-state index contributed by atoms with van der Waals surface area (Å²) in [6.45, 7) is 2.18. The summed E-state index contributed by atoms with van der Waals surface area (Å²) in [5, 5.41) is 12.8. The molecule has 1 aliphatic heterocycles. The number of piperazine rings is 1. The number of rotatable bonds is 7. The van der Waals surface area contributed by atoms with Crippen LogP contribution >= 0.6 is 0 Å². The van der Waals surface area contributed by atoms with Crippen LogP contribution in [-0.2, 0) is 9.59 Å². The van der Waals surface area contributed by atoms with Crippen LogP contribution in [0.3, 0.4) is 0 Å². The summed E-state index contributed by atoms with van der Waals surface area (Å²) in [6.07, 6.45) is 7.31. The van der Waals surface area contributed by atoms with Crippen LogP contribution in [0.25, 0.3) is 11.1 Å². The number of carbonyl (C=O) groups excluding carboxylic acids is 2. The molecule has 2 amide bonds. The number of aromatic nitrogens is 1. The Hall–Kier alpha value is -3.40. The van der Waals surface area contributed by atoms with Crippen molar-refractivity contribution in [2.75, 3.05) is 29.9 Å². The Balaban J connectivity index is 1.34. The van der Waals surface area contributed by atoms with E-state index in [2.05, 4.69) is 21.2 Å². The van der Waals surface area contributed by atoms with Crippen molar-refractivity contribution < 1.29 is 9.59 Å². The molecule has 1 unspecified atom stereocenters. The second kappa shape index (κ2) is 8.43. The van der Waals surface area contributed by atoms with Crippen molar-refractivity contribution in [3.63, 3.8) is 0 Å². The Kier molecular flexibility index (Phi) is 5.24. The minimum atomic E-state index is 0.227. The van der Waals surface area contributed by atoms with Crippen LogP contribution < -0.4 is 10.2 Å². The number of hydrogen-bond acceptors (Lipinski definition) is 5. The predicted molar refractivity (Wildman–Crippen MR) is 129 cm³/mol. The minimum Gasteiger partial charge on any atom is -0.352 e. The normalized spacial score (nSPS) is 22.3. The molecule has 4 aliphatic rings. The van der Waals surface area contributed by atoms with E-state index in [-0.39, 0.29) is 12.0 Å². The Labute approximate surface area is 199 Å². The molecule has 0 radical (unpaired) electrons. The van der Waals surface area contributed by atoms with Crippen LogP contribution in [0.5, 0.6) is 0 Å². The molecular weight excluding hydrogens is 426 g/mol. The van der Waals surface area contributed by atoms with Crippen LogP contribution in [0.4, 0.5) is 11.5 Å². The number of amides is 2. The Morgan fingerprint density at radius 1 is 1.12 bits per heavy atom. The molecule has 7 heteroatoms. The number of nitrogens with zero attached hydrogens (tertiary/aromatic N) is 4. The molecular formula is C27H29N5O2. The number of hydrogen-bond donors (Lipinski definition) is 1. The molecule has 1 saturated heterocycles. The van der Waals surface area contributed by atoms with Gasteiger partial charge in [0.1, 0.15) is 11.9 Å². The van der Waals surface area contributed by atoms with Crippen molar-refractivity contribution in [2.45, 2.75) is 50.5 Å². The summed E-state index contributed by atoms with van der Waals surface area (Å²) in [6, 6.07) is 12.3. The van der Waals surface area contributed by atoms with Gasteiger partial charge in [-0.05, 0) is 68.2 Å². The second-order valence-corrected chi connectivity index (χ2v) is 10.2. The van der Waals surface area contributed by atoms with Gasteiger partial charge in [-0.3, -0.25) is 9.59 Å². The van der Waals surface area contributed by atoms with Gasteiger partial charge in [-0.1, -0.05) is 12.1 Å². The maximum absolute atomic E-state index is 12.9. The molecule has 0 spiro atoms. The highest BCUT2D eigenvalue weighted by Crippen LogP contribution is 2.46. The van der Waals surface area contributed by atoms with E-state index in [0.29, 0.717) is 42.8 Å². The van der Waals surface area contributed by atoms with Gasteiger partial charge in [-0.25, -0.2) is 4.98 Å². The highest BCUT2D eigenvalue weighted by atomic mass is 16.2. The van der Waals surface area contributed by atoms with Crippen molar-refractivity contribution >= 4 is 23.8 Å². The predicted octanol–water partition coefficient (Wildman–Crippen LogP) is 3.90. The summed E-state index contributed by atoms with van der Waals surface area (Å²) in [4.78, 5) is 33.3. The lowest BCUT2D eigenvalue weighted by Gasteiger charge is -2.43. The largest absolute Gasteiger partial charge is 0.352 e. The van der Waals surface area contributed by atoms with Gasteiger partial charge in [0, 0.05) is 42.7 Å². The Morgan fingerprint density at radius 3 is 2.62 bits per heavy atom. The van der Waals surface area contributed by atoms with Gasteiger partial charge in [0.05, 0.1) is 17.3 Å². The summed E-state index contributed by atoms with van der Waals surface area (Å²) in [7, 11) is 0. The van der Waals surface area contributed by atoms with E-state index in [9.17, 15) is 14.9 Å². The monoisotopic (exact) mass is 455 g/mol. The first-order valence-electron chi connectivity index (χ1n) is 12.5. The maximum atomic E-state index is 12.9. The lowest BCUT2D eigenvalue weighted by atomic mass is 9.98. The fourth-order valence-electron chi connectivity index (χ4n) is 5.31. The summed E-state index contributed by atoms with van der Waals surface area (Å²) < 4.78 is 0. The third-order valence-corrected chi connectivity index (χ3v) is 7.61. The van der Waals surface area contributed by atoms with E-state index >= 15 is 0 Å². The molecule has 174 valence electrons. The maximum Gasteiger partial charge on any atom is 0.226 e. The summed E-state index contributed by atoms with van der Waals surface area (Å²) in [5.41, 5.74) is 4.26. The molecule has 1 aromatic heterocycles. The molecule has 6 rings (SSSR count). The van der Waals surface area contributed by atoms with Crippen LogP contribution in [0.1, 0.15) is 55.7 Å². The lowest BCUT2D eigenvalue weighted by Crippen LogP contribution is -2.57. The average Bonchev–Trinajstić information content (AvgIpc) is 3.73. The summed E-state index contributed by atoms with van der Waals surface area (Å²) >= 11 is 0. The molecule has 2 heterocycles. The first kappa shape index (κ1) is 21.2. The van der Waals surface area contributed by atoms with E-state index in [1.165, 1.54) is 12.8 Å². The van der Waals surface area contributed by atoms with Crippen LogP contribution in [0.15, 0.2) is 30.3 Å². The molecule has 1 N–H and O–H groups in total. The average molecular weight is 456 g/mol. The van der Waals surface area contributed by atoms with Crippen molar-refractivity contribution in [1.29, 1.82) is 5.26 Å². The van der Waals surface area contributed by atoms with Crippen molar-refractivity contribution in [2.24, 2.45) is 11.8 Å². The zero-order valence-corrected chi connectivity index (χ0v) is 19.2. The van der Waals surface area contributed by atoms with Crippen molar-refractivity contribution in [3.05, 3.63) is 41.6 Å². The molecule has 4 fully saturated rings. The summed E-state index contributed by atoms with van der Waals surface area (Å²) in [5.74, 6) is 2.32. The number of nitriles is 1. The van der Waals surface area contributed by atoms with Gasteiger partial charge in [0.15, 0.2) is 0 Å². The SMILES string of the molecule is N#Cc1cc(-c2cccc(NC=O)c2)c(C2CC2)nc1N1CCN(C(=O)C2CC2)C(C2CC2)C1. The third-order valence-electron chi connectivity index (χ3n) is 7.61. The molecule has 1 aromatic carbocycles. The fraction of sp³-hybridized carbons (Fsp3) is 0.481. The van der Waals surface area contributed by atoms with Gasteiger partial charge >= 0.3 is 0 Å². The third kappa shape index (κ3) is 4.02. The van der Waals surface area contributed by atoms with Gasteiger partial charge < -0.3 is 15.1 Å². The minimum absolute atomic E-state index is 0.227. The number of nitrogens with one attached hydrogen (secondary N) is 1. The van der Waals surface area contributed by atoms with E-state index in [4.69, 9.17) is 4.98 Å². The number of pyridine rings is 1. The number of benzene rings is 1. The zero-order valence-electron chi connectivity index (χ0n) is 19.2. The topological polar surface area (TPSA) is 89.3 Å². The zero-order chi connectivity index (χ0) is 23.2. The highest BCUT2D eigenvalue weighted by Gasteiger charge is 2.45.